The fourth-order valence-corrected chi connectivity index (χ4v) is 3.74. The maximum atomic E-state index is 12.5. The maximum Gasteiger partial charge on any atom is 0.162 e. The lowest BCUT2D eigenvalue weighted by Gasteiger charge is -2.23. The van der Waals surface area contributed by atoms with Gasteiger partial charge in [0.05, 0.1) is 13.2 Å². The fraction of sp³-hybridized carbons (Fsp3) is 0.417. The van der Waals surface area contributed by atoms with Crippen molar-refractivity contribution in [2.45, 2.75) is 44.6 Å². The summed E-state index contributed by atoms with van der Waals surface area (Å²) in [5, 5.41) is 6.65. The Morgan fingerprint density at radius 1 is 1.21 bits per heavy atom. The second-order valence-corrected chi connectivity index (χ2v) is 7.49. The molecule has 0 radical (unpaired) electrons. The monoisotopic (exact) mass is 394 g/mol. The number of ketones is 1. The second-order valence-electron chi connectivity index (χ2n) is 7.49. The molecule has 154 valence electrons. The van der Waals surface area contributed by atoms with Gasteiger partial charge in [0.15, 0.2) is 5.78 Å². The van der Waals surface area contributed by atoms with E-state index >= 15 is 0 Å². The summed E-state index contributed by atoms with van der Waals surface area (Å²) in [7, 11) is 1.70. The predicted molar refractivity (Wildman–Crippen MR) is 116 cm³/mol. The number of hydrogen-bond acceptors (Lipinski definition) is 5. The van der Waals surface area contributed by atoms with Crippen molar-refractivity contribution in [1.82, 2.24) is 5.32 Å². The molecule has 0 saturated carbocycles. The second kappa shape index (κ2) is 10.8. The van der Waals surface area contributed by atoms with Gasteiger partial charge < -0.3 is 20.2 Å². The number of fused-ring (bicyclic) bond motifs is 1. The molecule has 0 amide bonds. The van der Waals surface area contributed by atoms with Crippen LogP contribution in [0.3, 0.4) is 0 Å². The van der Waals surface area contributed by atoms with Crippen LogP contribution in [0.4, 0.5) is 5.69 Å². The molecule has 29 heavy (non-hydrogen) atoms. The van der Waals surface area contributed by atoms with Crippen molar-refractivity contribution >= 4 is 17.8 Å². The van der Waals surface area contributed by atoms with Crippen LogP contribution in [0.5, 0.6) is 5.75 Å². The highest BCUT2D eigenvalue weighted by atomic mass is 16.5. The van der Waals surface area contributed by atoms with Gasteiger partial charge in [-0.3, -0.25) is 4.79 Å². The van der Waals surface area contributed by atoms with Gasteiger partial charge >= 0.3 is 0 Å². The van der Waals surface area contributed by atoms with Crippen LogP contribution < -0.4 is 15.4 Å². The molecular weight excluding hydrogens is 364 g/mol. The van der Waals surface area contributed by atoms with Crippen LogP contribution >= 0.6 is 0 Å². The first-order valence-electron chi connectivity index (χ1n) is 10.4. The predicted octanol–water partition coefficient (Wildman–Crippen LogP) is 3.81. The Hall–Kier alpha value is -2.66. The Labute approximate surface area is 172 Å². The Kier molecular flexibility index (Phi) is 7.82. The number of aldehydes is 1. The van der Waals surface area contributed by atoms with Gasteiger partial charge in [-0.15, -0.1) is 0 Å². The molecule has 2 aromatic carbocycles. The standard InChI is InChI=1S/C24H30N2O3/c1-29-24-8-3-2-6-18(24)13-15-25-14-5-4-7-23(28)20-10-12-22-19(16-20)9-11-21(17-27)26-22/h2-3,6,8,10,12,16-17,21,25-26H,4-5,7,9,11,13-15H2,1H3. The van der Waals surface area contributed by atoms with Crippen molar-refractivity contribution in [3.8, 4) is 5.75 Å². The average molecular weight is 395 g/mol. The molecule has 1 aliphatic rings. The Bertz CT molecular complexity index is 835. The lowest BCUT2D eigenvalue weighted by molar-refractivity contribution is -0.108. The van der Waals surface area contributed by atoms with Crippen LogP contribution in [0.1, 0.15) is 47.2 Å². The number of Topliss-reactive ketones (excluding diaryl/α,β-unsaturated/α-hetero) is 1. The number of anilines is 1. The number of ether oxygens (including phenoxy) is 1. The SMILES string of the molecule is COc1ccccc1CCNCCCCC(=O)c1ccc2c(c1)CCC(C=O)N2. The third-order valence-electron chi connectivity index (χ3n) is 5.43. The minimum absolute atomic E-state index is 0.112. The molecule has 1 atom stereocenters. The van der Waals surface area contributed by atoms with Gasteiger partial charge in [0, 0.05) is 17.7 Å². The molecule has 0 spiro atoms. The number of rotatable bonds is 11. The van der Waals surface area contributed by atoms with E-state index in [4.69, 9.17) is 4.74 Å². The minimum Gasteiger partial charge on any atom is -0.496 e. The first-order valence-corrected chi connectivity index (χ1v) is 10.4. The smallest absolute Gasteiger partial charge is 0.162 e. The molecule has 0 aliphatic carbocycles. The third-order valence-corrected chi connectivity index (χ3v) is 5.43. The molecule has 3 rings (SSSR count). The topological polar surface area (TPSA) is 67.4 Å². The summed E-state index contributed by atoms with van der Waals surface area (Å²) < 4.78 is 5.37. The van der Waals surface area contributed by atoms with E-state index in [9.17, 15) is 9.59 Å². The summed E-state index contributed by atoms with van der Waals surface area (Å²) in [6, 6.07) is 13.8. The van der Waals surface area contributed by atoms with E-state index in [1.54, 1.807) is 7.11 Å². The summed E-state index contributed by atoms with van der Waals surface area (Å²) in [5.41, 5.74) is 4.09. The molecule has 1 aliphatic heterocycles. The number of hydrogen-bond donors (Lipinski definition) is 2. The third kappa shape index (κ3) is 5.91. The zero-order chi connectivity index (χ0) is 20.5. The first-order chi connectivity index (χ1) is 14.2. The Morgan fingerprint density at radius 3 is 2.90 bits per heavy atom. The van der Waals surface area contributed by atoms with Crippen LogP contribution in [0.25, 0.3) is 0 Å². The zero-order valence-corrected chi connectivity index (χ0v) is 17.1. The van der Waals surface area contributed by atoms with E-state index in [0.717, 1.165) is 74.0 Å². The van der Waals surface area contributed by atoms with Gasteiger partial charge in [-0.2, -0.15) is 0 Å². The van der Waals surface area contributed by atoms with E-state index in [1.165, 1.54) is 5.56 Å². The van der Waals surface area contributed by atoms with E-state index in [2.05, 4.69) is 16.7 Å². The quantitative estimate of drug-likeness (QED) is 0.345. The van der Waals surface area contributed by atoms with Crippen molar-refractivity contribution in [3.63, 3.8) is 0 Å². The van der Waals surface area contributed by atoms with E-state index in [0.29, 0.717) is 6.42 Å². The summed E-state index contributed by atoms with van der Waals surface area (Å²) in [6.07, 6.45) is 5.92. The molecule has 5 nitrogen and oxygen atoms in total. The fourth-order valence-electron chi connectivity index (χ4n) is 3.74. The van der Waals surface area contributed by atoms with Crippen molar-refractivity contribution in [2.24, 2.45) is 0 Å². The van der Waals surface area contributed by atoms with Gasteiger partial charge in [0.2, 0.25) is 0 Å². The molecule has 2 N–H and O–H groups in total. The number of benzene rings is 2. The zero-order valence-electron chi connectivity index (χ0n) is 17.1. The highest BCUT2D eigenvalue weighted by molar-refractivity contribution is 5.96. The van der Waals surface area contributed by atoms with Gasteiger partial charge in [-0.05, 0) is 80.6 Å². The lowest BCUT2D eigenvalue weighted by atomic mass is 9.95. The van der Waals surface area contributed by atoms with Crippen LogP contribution in [0, 0.1) is 0 Å². The normalized spacial score (nSPS) is 15.3. The van der Waals surface area contributed by atoms with Crippen molar-refractivity contribution in [2.75, 3.05) is 25.5 Å². The van der Waals surface area contributed by atoms with E-state index in [1.807, 2.05) is 36.4 Å². The van der Waals surface area contributed by atoms with Crippen LogP contribution in [0.15, 0.2) is 42.5 Å². The molecule has 1 heterocycles. The molecular formula is C24H30N2O3. The van der Waals surface area contributed by atoms with Crippen molar-refractivity contribution in [3.05, 3.63) is 59.2 Å². The summed E-state index contributed by atoms with van der Waals surface area (Å²) >= 11 is 0. The molecule has 2 aromatic rings. The van der Waals surface area contributed by atoms with E-state index < -0.39 is 0 Å². The number of para-hydroxylation sites is 1. The average Bonchev–Trinajstić information content (AvgIpc) is 2.77. The Balaban J connectivity index is 1.35. The molecule has 0 aromatic heterocycles. The molecule has 0 fully saturated rings. The van der Waals surface area contributed by atoms with Crippen molar-refractivity contribution in [1.29, 1.82) is 0 Å². The van der Waals surface area contributed by atoms with Crippen LogP contribution in [-0.4, -0.2) is 38.3 Å². The van der Waals surface area contributed by atoms with Gasteiger partial charge in [0.1, 0.15) is 12.0 Å². The minimum atomic E-state index is -0.112. The lowest BCUT2D eigenvalue weighted by Crippen LogP contribution is -2.26. The molecule has 0 saturated heterocycles. The number of unbranched alkanes of at least 4 members (excludes halogenated alkanes) is 1. The van der Waals surface area contributed by atoms with Crippen LogP contribution in [-0.2, 0) is 17.6 Å². The number of carbonyl (C=O) groups is 2. The number of methoxy groups -OCH3 is 1. The largest absolute Gasteiger partial charge is 0.496 e. The molecule has 0 bridgehead atoms. The van der Waals surface area contributed by atoms with E-state index in [-0.39, 0.29) is 11.8 Å². The number of carbonyl (C=O) groups excluding carboxylic acids is 2. The van der Waals surface area contributed by atoms with Crippen LogP contribution in [0.2, 0.25) is 0 Å². The van der Waals surface area contributed by atoms with Crippen molar-refractivity contribution < 1.29 is 14.3 Å². The van der Waals surface area contributed by atoms with Gasteiger partial charge in [-0.25, -0.2) is 0 Å². The molecule has 5 heteroatoms. The summed E-state index contributed by atoms with van der Waals surface area (Å²) in [5.74, 6) is 1.13. The first kappa shape index (κ1) is 21.1. The highest BCUT2D eigenvalue weighted by Gasteiger charge is 2.18. The number of aryl methyl sites for hydroxylation is 1. The highest BCUT2D eigenvalue weighted by Crippen LogP contribution is 2.26. The Morgan fingerprint density at radius 2 is 2.07 bits per heavy atom. The summed E-state index contributed by atoms with van der Waals surface area (Å²) in [4.78, 5) is 23.4. The van der Waals surface area contributed by atoms with Gasteiger partial charge in [0.25, 0.3) is 0 Å². The van der Waals surface area contributed by atoms with Gasteiger partial charge in [-0.1, -0.05) is 18.2 Å². The maximum absolute atomic E-state index is 12.5. The number of nitrogens with one attached hydrogen (secondary N) is 2. The molecule has 1 unspecified atom stereocenters. The summed E-state index contributed by atoms with van der Waals surface area (Å²) in [6.45, 7) is 1.80.